The second-order valence-electron chi connectivity index (χ2n) is 4.44. The van der Waals surface area contributed by atoms with Crippen molar-refractivity contribution in [3.8, 4) is 0 Å². The summed E-state index contributed by atoms with van der Waals surface area (Å²) in [5.41, 5.74) is 2.66. The first-order valence-corrected chi connectivity index (χ1v) is 8.25. The number of nitrogens with two attached hydrogens (primary N) is 1. The highest BCUT2D eigenvalue weighted by Crippen LogP contribution is 2.21. The maximum Gasteiger partial charge on any atom is 0.256 e. The van der Waals surface area contributed by atoms with Crippen LogP contribution in [-0.2, 0) is 10.0 Å². The lowest BCUT2D eigenvalue weighted by Gasteiger charge is -2.10. The van der Waals surface area contributed by atoms with Crippen LogP contribution in [-0.4, -0.2) is 14.3 Å². The monoisotopic (exact) mass is 310 g/mol. The molecule has 0 atom stereocenters. The fraction of sp³-hybridized carbons (Fsp3) is 0.154. The maximum atomic E-state index is 12.1. The molecule has 2 aromatic rings. The third-order valence-corrected chi connectivity index (χ3v) is 4.66. The summed E-state index contributed by atoms with van der Waals surface area (Å²) in [6.45, 7) is 3.63. The molecule has 1 aromatic heterocycles. The minimum atomic E-state index is -3.79. The molecule has 0 aliphatic heterocycles. The Morgan fingerprint density at radius 1 is 1.20 bits per heavy atom. The number of anilines is 1. The van der Waals surface area contributed by atoms with Gasteiger partial charge in [-0.25, -0.2) is 13.6 Å². The van der Waals surface area contributed by atoms with Crippen LogP contribution in [0.3, 0.4) is 0 Å². The average Bonchev–Trinajstić information content (AvgIpc) is 2.77. The topological polar surface area (TPSA) is 89.3 Å². The molecule has 0 unspecified atom stereocenters. The fourth-order valence-electron chi connectivity index (χ4n) is 1.70. The molecule has 20 heavy (non-hydrogen) atoms. The van der Waals surface area contributed by atoms with E-state index in [4.69, 9.17) is 5.14 Å². The third kappa shape index (κ3) is 3.06. The summed E-state index contributed by atoms with van der Waals surface area (Å²) in [6.07, 6.45) is 0. The Morgan fingerprint density at radius 3 is 2.45 bits per heavy atom. The van der Waals surface area contributed by atoms with E-state index in [-0.39, 0.29) is 10.8 Å². The van der Waals surface area contributed by atoms with Crippen molar-refractivity contribution in [3.63, 3.8) is 0 Å². The van der Waals surface area contributed by atoms with E-state index in [2.05, 4.69) is 5.32 Å². The van der Waals surface area contributed by atoms with Crippen molar-refractivity contribution in [2.45, 2.75) is 18.7 Å². The molecule has 2 rings (SSSR count). The van der Waals surface area contributed by atoms with E-state index in [1.807, 2.05) is 12.3 Å². The van der Waals surface area contributed by atoms with Crippen molar-refractivity contribution in [2.24, 2.45) is 5.14 Å². The molecule has 1 amide bonds. The van der Waals surface area contributed by atoms with Gasteiger partial charge in [-0.15, -0.1) is 0 Å². The number of nitrogens with one attached hydrogen (secondary N) is 1. The quantitative estimate of drug-likeness (QED) is 0.911. The van der Waals surface area contributed by atoms with E-state index in [9.17, 15) is 13.2 Å². The molecular weight excluding hydrogens is 296 g/mol. The van der Waals surface area contributed by atoms with Crippen LogP contribution in [0.1, 0.15) is 21.5 Å². The molecule has 106 valence electrons. The molecule has 0 radical (unpaired) electrons. The van der Waals surface area contributed by atoms with Crippen LogP contribution in [0.25, 0.3) is 0 Å². The molecule has 7 heteroatoms. The zero-order valence-electron chi connectivity index (χ0n) is 11.0. The largest absolute Gasteiger partial charge is 0.322 e. The van der Waals surface area contributed by atoms with Gasteiger partial charge in [-0.2, -0.15) is 11.3 Å². The second kappa shape index (κ2) is 5.35. The lowest BCUT2D eigenvalue weighted by Crippen LogP contribution is -2.15. The van der Waals surface area contributed by atoms with Gasteiger partial charge in [0, 0.05) is 11.1 Å². The summed E-state index contributed by atoms with van der Waals surface area (Å²) in [6, 6.07) is 4.39. The van der Waals surface area contributed by atoms with Gasteiger partial charge in [0.05, 0.1) is 10.5 Å². The highest BCUT2D eigenvalue weighted by Gasteiger charge is 2.14. The molecule has 0 bridgehead atoms. The van der Waals surface area contributed by atoms with E-state index in [0.29, 0.717) is 11.3 Å². The van der Waals surface area contributed by atoms with Crippen LogP contribution in [0, 0.1) is 13.8 Å². The zero-order chi connectivity index (χ0) is 14.9. The summed E-state index contributed by atoms with van der Waals surface area (Å²) < 4.78 is 22.7. The van der Waals surface area contributed by atoms with Crippen molar-refractivity contribution in [1.82, 2.24) is 0 Å². The molecule has 0 aliphatic rings. The smallest absolute Gasteiger partial charge is 0.256 e. The van der Waals surface area contributed by atoms with Crippen molar-refractivity contribution in [1.29, 1.82) is 0 Å². The first kappa shape index (κ1) is 14.7. The minimum Gasteiger partial charge on any atom is -0.322 e. The van der Waals surface area contributed by atoms with Gasteiger partial charge >= 0.3 is 0 Å². The molecule has 5 nitrogen and oxygen atoms in total. The third-order valence-electron chi connectivity index (χ3n) is 2.89. The highest BCUT2D eigenvalue weighted by atomic mass is 32.2. The normalized spacial score (nSPS) is 11.3. The van der Waals surface area contributed by atoms with Crippen LogP contribution in [0.5, 0.6) is 0 Å². The summed E-state index contributed by atoms with van der Waals surface area (Å²) >= 11 is 1.44. The number of carbonyl (C=O) groups is 1. The standard InChI is InChI=1S/C13H14N2O3S2/c1-8-3-4-10(20(14,17)18)5-12(8)15-13(16)11-7-19-6-9(11)2/h3-7H,1-2H3,(H,15,16)(H2,14,17,18). The average molecular weight is 310 g/mol. The van der Waals surface area contributed by atoms with E-state index in [0.717, 1.165) is 11.1 Å². The van der Waals surface area contributed by atoms with Crippen molar-refractivity contribution >= 4 is 33.0 Å². The number of aryl methyl sites for hydroxylation is 2. The summed E-state index contributed by atoms with van der Waals surface area (Å²) in [5.74, 6) is -0.265. The lowest BCUT2D eigenvalue weighted by molar-refractivity contribution is 0.102. The van der Waals surface area contributed by atoms with Gasteiger partial charge in [0.25, 0.3) is 5.91 Å². The van der Waals surface area contributed by atoms with E-state index >= 15 is 0 Å². The Balaban J connectivity index is 2.34. The highest BCUT2D eigenvalue weighted by molar-refractivity contribution is 7.89. The summed E-state index contributed by atoms with van der Waals surface area (Å²) in [4.78, 5) is 12.1. The number of rotatable bonds is 3. The Kier molecular flexibility index (Phi) is 3.94. The number of sulfonamides is 1. The summed E-state index contributed by atoms with van der Waals surface area (Å²) in [7, 11) is -3.79. The van der Waals surface area contributed by atoms with Crippen LogP contribution < -0.4 is 10.5 Å². The van der Waals surface area contributed by atoms with Gasteiger partial charge in [-0.1, -0.05) is 6.07 Å². The summed E-state index contributed by atoms with van der Waals surface area (Å²) in [5, 5.41) is 11.4. The van der Waals surface area contributed by atoms with Crippen molar-refractivity contribution in [2.75, 3.05) is 5.32 Å². The molecule has 1 aromatic carbocycles. The first-order chi connectivity index (χ1) is 9.29. The zero-order valence-corrected chi connectivity index (χ0v) is 12.6. The first-order valence-electron chi connectivity index (χ1n) is 5.76. The number of amides is 1. The molecule has 0 aliphatic carbocycles. The number of hydrogen-bond donors (Lipinski definition) is 2. The SMILES string of the molecule is Cc1ccc(S(N)(=O)=O)cc1NC(=O)c1cscc1C. The van der Waals surface area contributed by atoms with E-state index in [1.165, 1.54) is 23.5 Å². The molecule has 0 fully saturated rings. The van der Waals surface area contributed by atoms with Crippen LogP contribution >= 0.6 is 11.3 Å². The number of thiophene rings is 1. The Hall–Kier alpha value is -1.70. The Bertz CT molecular complexity index is 764. The second-order valence-corrected chi connectivity index (χ2v) is 6.75. The van der Waals surface area contributed by atoms with Crippen LogP contribution in [0.2, 0.25) is 0 Å². The van der Waals surface area contributed by atoms with Crippen molar-refractivity contribution < 1.29 is 13.2 Å². The number of benzene rings is 1. The van der Waals surface area contributed by atoms with Gasteiger partial charge in [-0.3, -0.25) is 4.79 Å². The predicted molar refractivity (Wildman–Crippen MR) is 79.6 cm³/mol. The molecule has 1 heterocycles. The van der Waals surface area contributed by atoms with Crippen LogP contribution in [0.15, 0.2) is 33.9 Å². The predicted octanol–water partition coefficient (Wildman–Crippen LogP) is 2.26. The minimum absolute atomic E-state index is 0.0274. The maximum absolute atomic E-state index is 12.1. The molecule has 0 spiro atoms. The Morgan fingerprint density at radius 2 is 1.90 bits per heavy atom. The lowest BCUT2D eigenvalue weighted by atomic mass is 10.1. The number of hydrogen-bond acceptors (Lipinski definition) is 4. The van der Waals surface area contributed by atoms with E-state index < -0.39 is 10.0 Å². The van der Waals surface area contributed by atoms with Gasteiger partial charge in [0.1, 0.15) is 0 Å². The van der Waals surface area contributed by atoms with Gasteiger partial charge in [-0.05, 0) is 42.5 Å². The van der Waals surface area contributed by atoms with Crippen LogP contribution in [0.4, 0.5) is 5.69 Å². The van der Waals surface area contributed by atoms with E-state index in [1.54, 1.807) is 18.4 Å². The number of primary sulfonamides is 1. The van der Waals surface area contributed by atoms with Gasteiger partial charge in [0.2, 0.25) is 10.0 Å². The van der Waals surface area contributed by atoms with Gasteiger partial charge in [0.15, 0.2) is 0 Å². The van der Waals surface area contributed by atoms with Gasteiger partial charge < -0.3 is 5.32 Å². The molecular formula is C13H14N2O3S2. The number of carbonyl (C=O) groups excluding carboxylic acids is 1. The fourth-order valence-corrected chi connectivity index (χ4v) is 3.06. The molecule has 0 saturated heterocycles. The van der Waals surface area contributed by atoms with Crippen molar-refractivity contribution in [3.05, 3.63) is 45.6 Å². The Labute approximate surface area is 121 Å². The molecule has 0 saturated carbocycles. The molecule has 3 N–H and O–H groups in total.